The van der Waals surface area contributed by atoms with Crippen molar-refractivity contribution < 1.29 is 14.7 Å². The van der Waals surface area contributed by atoms with E-state index in [1.54, 1.807) is 11.8 Å². The summed E-state index contributed by atoms with van der Waals surface area (Å²) in [4.78, 5) is 24.2. The van der Waals surface area contributed by atoms with E-state index in [0.29, 0.717) is 18.7 Å². The van der Waals surface area contributed by atoms with Crippen molar-refractivity contribution in [2.45, 2.75) is 13.8 Å². The zero-order valence-corrected chi connectivity index (χ0v) is 9.04. The molecule has 0 radical (unpaired) electrons. The number of aliphatic carboxylic acids is 1. The van der Waals surface area contributed by atoms with Gasteiger partial charge in [-0.25, -0.2) is 4.79 Å². The van der Waals surface area contributed by atoms with Crippen molar-refractivity contribution in [1.82, 2.24) is 10.2 Å². The Morgan fingerprint density at radius 1 is 1.13 bits per heavy atom. The molecule has 0 unspecified atom stereocenters. The summed E-state index contributed by atoms with van der Waals surface area (Å²) < 4.78 is 0. The number of hydrogen-bond acceptors (Lipinski definition) is 3. The second-order valence-corrected chi connectivity index (χ2v) is 3.60. The molecule has 5 heteroatoms. The van der Waals surface area contributed by atoms with E-state index in [0.717, 1.165) is 13.1 Å². The number of amides is 1. The molecule has 0 aliphatic carbocycles. The SMILES string of the molecule is CC(C(=O)O)=C(C)C(=O)N1CCNCC1. The lowest BCUT2D eigenvalue weighted by Gasteiger charge is -2.27. The Kier molecular flexibility index (Phi) is 3.85. The van der Waals surface area contributed by atoms with E-state index >= 15 is 0 Å². The number of carbonyl (C=O) groups is 2. The van der Waals surface area contributed by atoms with E-state index in [2.05, 4.69) is 5.32 Å². The third-order valence-electron chi connectivity index (χ3n) is 2.61. The zero-order valence-electron chi connectivity index (χ0n) is 9.04. The Balaban J connectivity index is 2.74. The monoisotopic (exact) mass is 212 g/mol. The van der Waals surface area contributed by atoms with Gasteiger partial charge in [-0.15, -0.1) is 0 Å². The van der Waals surface area contributed by atoms with Gasteiger partial charge in [0.15, 0.2) is 0 Å². The molecule has 1 rings (SSSR count). The molecule has 2 N–H and O–H groups in total. The van der Waals surface area contributed by atoms with Gasteiger partial charge in [0.25, 0.3) is 0 Å². The van der Waals surface area contributed by atoms with Crippen LogP contribution in [0.2, 0.25) is 0 Å². The van der Waals surface area contributed by atoms with Gasteiger partial charge < -0.3 is 15.3 Å². The molecule has 84 valence electrons. The highest BCUT2D eigenvalue weighted by Gasteiger charge is 2.20. The van der Waals surface area contributed by atoms with Crippen LogP contribution in [0, 0.1) is 0 Å². The summed E-state index contributed by atoms with van der Waals surface area (Å²) in [5.41, 5.74) is 0.447. The molecule has 15 heavy (non-hydrogen) atoms. The molecular weight excluding hydrogens is 196 g/mol. The van der Waals surface area contributed by atoms with Crippen LogP contribution in [0.1, 0.15) is 13.8 Å². The zero-order chi connectivity index (χ0) is 11.4. The molecule has 0 aromatic carbocycles. The van der Waals surface area contributed by atoms with E-state index in [1.807, 2.05) is 0 Å². The Labute approximate surface area is 88.8 Å². The van der Waals surface area contributed by atoms with Gasteiger partial charge in [0.05, 0.1) is 0 Å². The summed E-state index contributed by atoms with van der Waals surface area (Å²) >= 11 is 0. The van der Waals surface area contributed by atoms with Crippen molar-refractivity contribution in [3.63, 3.8) is 0 Å². The lowest BCUT2D eigenvalue weighted by Crippen LogP contribution is -2.46. The summed E-state index contributed by atoms with van der Waals surface area (Å²) in [5, 5.41) is 11.9. The summed E-state index contributed by atoms with van der Waals surface area (Å²) in [6, 6.07) is 0. The molecule has 1 fully saturated rings. The number of piperazine rings is 1. The molecule has 0 aromatic rings. The molecule has 1 amide bonds. The van der Waals surface area contributed by atoms with Crippen molar-refractivity contribution >= 4 is 11.9 Å². The van der Waals surface area contributed by atoms with Crippen LogP contribution in [0.3, 0.4) is 0 Å². The second kappa shape index (κ2) is 4.93. The van der Waals surface area contributed by atoms with E-state index < -0.39 is 5.97 Å². The summed E-state index contributed by atoms with van der Waals surface area (Å²) in [7, 11) is 0. The standard InChI is InChI=1S/C10H16N2O3/c1-7(8(2)10(14)15)9(13)12-5-3-11-4-6-12/h11H,3-6H2,1-2H3,(H,14,15). The van der Waals surface area contributed by atoms with Gasteiger partial charge in [-0.1, -0.05) is 0 Å². The molecule has 0 saturated carbocycles. The predicted molar refractivity (Wildman–Crippen MR) is 55.5 cm³/mol. The molecule has 1 heterocycles. The van der Waals surface area contributed by atoms with Crippen LogP contribution in [-0.4, -0.2) is 48.1 Å². The van der Waals surface area contributed by atoms with Crippen LogP contribution in [0.15, 0.2) is 11.1 Å². The predicted octanol–water partition coefficient (Wildman–Crippen LogP) is -0.161. The molecule has 1 aliphatic heterocycles. The average Bonchev–Trinajstić information content (AvgIpc) is 2.27. The van der Waals surface area contributed by atoms with E-state index in [4.69, 9.17) is 5.11 Å². The van der Waals surface area contributed by atoms with Crippen molar-refractivity contribution in [3.8, 4) is 0 Å². The summed E-state index contributed by atoms with van der Waals surface area (Å²) in [6.07, 6.45) is 0. The molecule has 1 aliphatic rings. The third kappa shape index (κ3) is 2.79. The lowest BCUT2D eigenvalue weighted by molar-refractivity contribution is -0.134. The van der Waals surface area contributed by atoms with Gasteiger partial charge in [-0.05, 0) is 13.8 Å². The van der Waals surface area contributed by atoms with Gasteiger partial charge in [-0.2, -0.15) is 0 Å². The largest absolute Gasteiger partial charge is 0.478 e. The highest BCUT2D eigenvalue weighted by atomic mass is 16.4. The molecule has 0 atom stereocenters. The van der Waals surface area contributed by atoms with Crippen LogP contribution >= 0.6 is 0 Å². The normalized spacial score (nSPS) is 18.4. The van der Waals surface area contributed by atoms with Crippen molar-refractivity contribution in [1.29, 1.82) is 0 Å². The number of nitrogens with zero attached hydrogens (tertiary/aromatic N) is 1. The Morgan fingerprint density at radius 2 is 1.67 bits per heavy atom. The molecule has 1 saturated heterocycles. The minimum atomic E-state index is -1.03. The quantitative estimate of drug-likeness (QED) is 0.624. The Hall–Kier alpha value is -1.36. The fourth-order valence-corrected chi connectivity index (χ4v) is 1.43. The maximum atomic E-state index is 11.8. The lowest BCUT2D eigenvalue weighted by atomic mass is 10.1. The van der Waals surface area contributed by atoms with Crippen LogP contribution in [0.4, 0.5) is 0 Å². The summed E-state index contributed by atoms with van der Waals surface area (Å²) in [6.45, 7) is 5.84. The van der Waals surface area contributed by atoms with Gasteiger partial charge in [-0.3, -0.25) is 4.79 Å². The van der Waals surface area contributed by atoms with E-state index in [1.165, 1.54) is 6.92 Å². The van der Waals surface area contributed by atoms with Crippen LogP contribution < -0.4 is 5.32 Å². The molecule has 5 nitrogen and oxygen atoms in total. The molecule has 0 spiro atoms. The number of carboxylic acids is 1. The Morgan fingerprint density at radius 3 is 2.13 bits per heavy atom. The highest BCUT2D eigenvalue weighted by molar-refractivity contribution is 6.01. The van der Waals surface area contributed by atoms with Gasteiger partial charge in [0, 0.05) is 37.3 Å². The Bertz CT molecular complexity index is 304. The first-order valence-electron chi connectivity index (χ1n) is 4.95. The fourth-order valence-electron chi connectivity index (χ4n) is 1.43. The van der Waals surface area contributed by atoms with Crippen molar-refractivity contribution in [3.05, 3.63) is 11.1 Å². The van der Waals surface area contributed by atoms with Gasteiger partial charge >= 0.3 is 5.97 Å². The first-order valence-corrected chi connectivity index (χ1v) is 4.95. The van der Waals surface area contributed by atoms with Gasteiger partial charge in [0.1, 0.15) is 0 Å². The third-order valence-corrected chi connectivity index (χ3v) is 2.61. The summed E-state index contributed by atoms with van der Waals surface area (Å²) in [5.74, 6) is -1.20. The molecular formula is C10H16N2O3. The molecule has 0 aromatic heterocycles. The maximum Gasteiger partial charge on any atom is 0.331 e. The number of hydrogen-bond donors (Lipinski definition) is 2. The number of rotatable bonds is 2. The number of carboxylic acid groups (broad SMARTS) is 1. The maximum absolute atomic E-state index is 11.8. The van der Waals surface area contributed by atoms with Crippen LogP contribution in [0.25, 0.3) is 0 Å². The number of nitrogens with one attached hydrogen (secondary N) is 1. The minimum Gasteiger partial charge on any atom is -0.478 e. The molecule has 0 bridgehead atoms. The van der Waals surface area contributed by atoms with Crippen molar-refractivity contribution in [2.24, 2.45) is 0 Å². The first kappa shape index (κ1) is 11.7. The average molecular weight is 212 g/mol. The van der Waals surface area contributed by atoms with E-state index in [-0.39, 0.29) is 11.5 Å². The fraction of sp³-hybridized carbons (Fsp3) is 0.600. The second-order valence-electron chi connectivity index (χ2n) is 3.60. The smallest absolute Gasteiger partial charge is 0.331 e. The van der Waals surface area contributed by atoms with Crippen molar-refractivity contribution in [2.75, 3.05) is 26.2 Å². The van der Waals surface area contributed by atoms with E-state index in [9.17, 15) is 9.59 Å². The van der Waals surface area contributed by atoms with Gasteiger partial charge in [0.2, 0.25) is 5.91 Å². The number of carbonyl (C=O) groups excluding carboxylic acids is 1. The highest BCUT2D eigenvalue weighted by Crippen LogP contribution is 2.08. The minimum absolute atomic E-state index is 0.124. The van der Waals surface area contributed by atoms with Crippen LogP contribution in [-0.2, 0) is 9.59 Å². The first-order chi connectivity index (χ1) is 7.04. The topological polar surface area (TPSA) is 69.6 Å². The van der Waals surface area contributed by atoms with Crippen LogP contribution in [0.5, 0.6) is 0 Å².